The molecule has 1 aliphatic carbocycles. The minimum Gasteiger partial charge on any atom is -0.324 e. The van der Waals surface area contributed by atoms with Crippen molar-refractivity contribution in [2.45, 2.75) is 24.8 Å². The van der Waals surface area contributed by atoms with Crippen molar-refractivity contribution in [1.82, 2.24) is 10.2 Å². The van der Waals surface area contributed by atoms with Gasteiger partial charge in [0.05, 0.1) is 11.9 Å². The summed E-state index contributed by atoms with van der Waals surface area (Å²) in [5.74, 6) is 0.202. The Hall–Kier alpha value is -3.30. The highest BCUT2D eigenvalue weighted by Crippen LogP contribution is 2.45. The molecule has 2 N–H and O–H groups in total. The van der Waals surface area contributed by atoms with Crippen LogP contribution in [0.3, 0.4) is 0 Å². The van der Waals surface area contributed by atoms with Crippen molar-refractivity contribution in [3.8, 4) is 0 Å². The molecule has 0 amide bonds. The Morgan fingerprint density at radius 3 is 2.34 bits per heavy atom. The van der Waals surface area contributed by atoms with Crippen molar-refractivity contribution in [3.05, 3.63) is 95.8 Å². The van der Waals surface area contributed by atoms with E-state index in [1.165, 1.54) is 38.1 Å². The molecule has 3 nitrogen and oxygen atoms in total. The molecule has 29 heavy (non-hydrogen) atoms. The van der Waals surface area contributed by atoms with Gasteiger partial charge in [0.15, 0.2) is 0 Å². The molecule has 140 valence electrons. The average molecular weight is 375 g/mol. The molecule has 0 spiro atoms. The number of nitrogens with two attached hydrogens (primary N) is 1. The van der Waals surface area contributed by atoms with Crippen LogP contribution in [0.15, 0.2) is 79.0 Å². The normalized spacial score (nSPS) is 18.9. The lowest BCUT2D eigenvalue weighted by atomic mass is 9.75. The van der Waals surface area contributed by atoms with E-state index < -0.39 is 0 Å². The summed E-state index contributed by atoms with van der Waals surface area (Å²) in [5, 5.41) is 16.4. The SMILES string of the molecule is NC1CCC(c2nncc3ccccc23)c2c1ccc1c2ccc2ccccc21. The van der Waals surface area contributed by atoms with E-state index in [9.17, 15) is 0 Å². The highest BCUT2D eigenvalue weighted by molar-refractivity contribution is 6.09. The maximum atomic E-state index is 6.57. The zero-order valence-corrected chi connectivity index (χ0v) is 16.0. The summed E-state index contributed by atoms with van der Waals surface area (Å²) in [4.78, 5) is 0. The van der Waals surface area contributed by atoms with Crippen LogP contribution in [0.25, 0.3) is 32.3 Å². The first-order valence-electron chi connectivity index (χ1n) is 10.2. The number of hydrogen-bond acceptors (Lipinski definition) is 3. The zero-order chi connectivity index (χ0) is 19.4. The molecule has 2 atom stereocenters. The van der Waals surface area contributed by atoms with Crippen molar-refractivity contribution in [2.24, 2.45) is 5.73 Å². The van der Waals surface area contributed by atoms with E-state index >= 15 is 0 Å². The van der Waals surface area contributed by atoms with Gasteiger partial charge in [0.1, 0.15) is 0 Å². The van der Waals surface area contributed by atoms with Crippen LogP contribution in [0.4, 0.5) is 0 Å². The lowest BCUT2D eigenvalue weighted by Crippen LogP contribution is -2.22. The van der Waals surface area contributed by atoms with E-state index in [1.54, 1.807) is 0 Å². The Bertz CT molecular complexity index is 1380. The van der Waals surface area contributed by atoms with Crippen LogP contribution in [-0.4, -0.2) is 10.2 Å². The standard InChI is InChI=1S/C26H21N3/c27-24-14-13-23(26-19-8-4-2-6-17(19)15-28-29-26)25-21-10-9-16-5-1-3-7-18(16)20(21)11-12-22(24)25/h1-12,15,23-24H,13-14,27H2. The largest absolute Gasteiger partial charge is 0.324 e. The van der Waals surface area contributed by atoms with Crippen LogP contribution in [-0.2, 0) is 0 Å². The van der Waals surface area contributed by atoms with Gasteiger partial charge in [0.2, 0.25) is 0 Å². The topological polar surface area (TPSA) is 51.8 Å². The van der Waals surface area contributed by atoms with E-state index in [1.807, 2.05) is 6.20 Å². The minimum atomic E-state index is 0.0695. The Morgan fingerprint density at radius 2 is 1.45 bits per heavy atom. The summed E-state index contributed by atoms with van der Waals surface area (Å²) in [6.45, 7) is 0. The van der Waals surface area contributed by atoms with Gasteiger partial charge in [-0.1, -0.05) is 72.8 Å². The molecule has 2 unspecified atom stereocenters. The number of fused-ring (bicyclic) bond motifs is 6. The van der Waals surface area contributed by atoms with Gasteiger partial charge in [0, 0.05) is 22.7 Å². The van der Waals surface area contributed by atoms with Gasteiger partial charge in [0.25, 0.3) is 0 Å². The molecule has 3 heteroatoms. The Balaban J connectivity index is 1.69. The second-order valence-electron chi connectivity index (χ2n) is 8.00. The van der Waals surface area contributed by atoms with Crippen LogP contribution in [0, 0.1) is 0 Å². The van der Waals surface area contributed by atoms with Crippen molar-refractivity contribution < 1.29 is 0 Å². The minimum absolute atomic E-state index is 0.0695. The first-order valence-corrected chi connectivity index (χ1v) is 10.2. The number of benzene rings is 4. The zero-order valence-electron chi connectivity index (χ0n) is 16.0. The van der Waals surface area contributed by atoms with Crippen LogP contribution in [0.5, 0.6) is 0 Å². The smallest absolute Gasteiger partial charge is 0.0784 e. The molecule has 5 aromatic rings. The third-order valence-electron chi connectivity index (χ3n) is 6.44. The second-order valence-corrected chi connectivity index (χ2v) is 8.00. The van der Waals surface area contributed by atoms with E-state index in [4.69, 9.17) is 5.73 Å². The summed E-state index contributed by atoms with van der Waals surface area (Å²) in [6.07, 6.45) is 3.80. The van der Waals surface area contributed by atoms with Gasteiger partial charge in [-0.15, -0.1) is 0 Å². The first-order chi connectivity index (χ1) is 14.3. The first kappa shape index (κ1) is 16.6. The van der Waals surface area contributed by atoms with Gasteiger partial charge in [-0.05, 0) is 45.5 Å². The van der Waals surface area contributed by atoms with Crippen molar-refractivity contribution in [1.29, 1.82) is 0 Å². The Labute approximate surface area is 169 Å². The van der Waals surface area contributed by atoms with Gasteiger partial charge in [-0.25, -0.2) is 0 Å². The molecule has 1 heterocycles. The average Bonchev–Trinajstić information content (AvgIpc) is 2.78. The predicted octanol–water partition coefficient (Wildman–Crippen LogP) is 5.86. The van der Waals surface area contributed by atoms with Crippen molar-refractivity contribution in [3.63, 3.8) is 0 Å². The summed E-state index contributed by atoms with van der Waals surface area (Å²) in [5.41, 5.74) is 10.2. The molecule has 0 aliphatic heterocycles. The van der Waals surface area contributed by atoms with Crippen molar-refractivity contribution in [2.75, 3.05) is 0 Å². The number of aromatic nitrogens is 2. The fourth-order valence-corrected chi connectivity index (χ4v) is 5.07. The lowest BCUT2D eigenvalue weighted by Gasteiger charge is -2.31. The van der Waals surface area contributed by atoms with Crippen LogP contribution < -0.4 is 5.73 Å². The maximum absolute atomic E-state index is 6.57. The van der Waals surface area contributed by atoms with E-state index in [0.29, 0.717) is 0 Å². The van der Waals surface area contributed by atoms with Gasteiger partial charge < -0.3 is 5.73 Å². The van der Waals surface area contributed by atoms with Gasteiger partial charge in [-0.3, -0.25) is 0 Å². The third-order valence-corrected chi connectivity index (χ3v) is 6.44. The molecule has 1 aromatic heterocycles. The summed E-state index contributed by atoms with van der Waals surface area (Å²) >= 11 is 0. The molecule has 0 fully saturated rings. The monoisotopic (exact) mass is 375 g/mol. The molecule has 4 aromatic carbocycles. The molecule has 0 radical (unpaired) electrons. The molecule has 0 bridgehead atoms. The Kier molecular flexibility index (Phi) is 3.65. The summed E-state index contributed by atoms with van der Waals surface area (Å²) in [6, 6.07) is 26.0. The highest BCUT2D eigenvalue weighted by Gasteiger charge is 2.30. The Morgan fingerprint density at radius 1 is 0.690 bits per heavy atom. The third kappa shape index (κ3) is 2.48. The molecular formula is C26H21N3. The summed E-state index contributed by atoms with van der Waals surface area (Å²) < 4.78 is 0. The summed E-state index contributed by atoms with van der Waals surface area (Å²) in [7, 11) is 0. The maximum Gasteiger partial charge on any atom is 0.0784 e. The fraction of sp³-hybridized carbons (Fsp3) is 0.154. The molecule has 0 saturated carbocycles. The molecule has 0 saturated heterocycles. The number of hydrogen-bond donors (Lipinski definition) is 1. The molecular weight excluding hydrogens is 354 g/mol. The number of rotatable bonds is 1. The van der Waals surface area contributed by atoms with E-state index in [2.05, 4.69) is 83.0 Å². The van der Waals surface area contributed by atoms with Crippen LogP contribution in [0.2, 0.25) is 0 Å². The lowest BCUT2D eigenvalue weighted by molar-refractivity contribution is 0.526. The van der Waals surface area contributed by atoms with Gasteiger partial charge >= 0.3 is 0 Å². The van der Waals surface area contributed by atoms with Crippen molar-refractivity contribution >= 4 is 32.3 Å². The van der Waals surface area contributed by atoms with E-state index in [-0.39, 0.29) is 12.0 Å². The second kappa shape index (κ2) is 6.36. The van der Waals surface area contributed by atoms with Crippen LogP contribution in [0.1, 0.15) is 41.6 Å². The quantitative estimate of drug-likeness (QED) is 0.373. The fourth-order valence-electron chi connectivity index (χ4n) is 5.07. The predicted molar refractivity (Wildman–Crippen MR) is 119 cm³/mol. The van der Waals surface area contributed by atoms with E-state index in [0.717, 1.165) is 23.9 Å². The molecule has 6 rings (SSSR count). The number of nitrogens with zero attached hydrogens (tertiary/aromatic N) is 2. The van der Waals surface area contributed by atoms with Crippen LogP contribution >= 0.6 is 0 Å². The molecule has 1 aliphatic rings. The van der Waals surface area contributed by atoms with Gasteiger partial charge in [-0.2, -0.15) is 10.2 Å². The highest BCUT2D eigenvalue weighted by atomic mass is 15.1.